The van der Waals surface area contributed by atoms with Crippen molar-refractivity contribution >= 4 is 0 Å². The molecule has 2 aliphatic rings. The van der Waals surface area contributed by atoms with Crippen molar-refractivity contribution in [2.24, 2.45) is 11.7 Å². The number of likely N-dealkylation sites (tertiary alicyclic amines) is 1. The molecule has 13 heavy (non-hydrogen) atoms. The summed E-state index contributed by atoms with van der Waals surface area (Å²) in [4.78, 5) is 2.49. The summed E-state index contributed by atoms with van der Waals surface area (Å²) >= 11 is 0. The van der Waals surface area contributed by atoms with Gasteiger partial charge in [-0.1, -0.05) is 0 Å². The van der Waals surface area contributed by atoms with Gasteiger partial charge in [-0.05, 0) is 38.3 Å². The van der Waals surface area contributed by atoms with Gasteiger partial charge in [0.25, 0.3) is 0 Å². The lowest BCUT2D eigenvalue weighted by molar-refractivity contribution is 0.330. The van der Waals surface area contributed by atoms with E-state index in [0.29, 0.717) is 0 Å². The van der Waals surface area contributed by atoms with Crippen molar-refractivity contribution in [3.8, 4) is 0 Å². The first kappa shape index (κ1) is 9.44. The van der Waals surface area contributed by atoms with Crippen LogP contribution in [0.25, 0.3) is 0 Å². The average Bonchev–Trinajstić information content (AvgIpc) is 2.85. The maximum absolute atomic E-state index is 5.53. The van der Waals surface area contributed by atoms with Crippen molar-refractivity contribution < 1.29 is 0 Å². The van der Waals surface area contributed by atoms with Gasteiger partial charge in [-0.15, -0.1) is 0 Å². The number of rotatable bonds is 5. The second-order valence-electron chi connectivity index (χ2n) is 4.43. The van der Waals surface area contributed by atoms with Gasteiger partial charge in [-0.3, -0.25) is 0 Å². The van der Waals surface area contributed by atoms with E-state index in [2.05, 4.69) is 10.2 Å². The number of nitrogens with zero attached hydrogens (tertiary/aromatic N) is 1. The van der Waals surface area contributed by atoms with E-state index in [1.165, 1.54) is 38.9 Å². The molecule has 0 amide bonds. The fraction of sp³-hybridized carbons (Fsp3) is 1.00. The van der Waals surface area contributed by atoms with Gasteiger partial charge in [-0.2, -0.15) is 0 Å². The van der Waals surface area contributed by atoms with E-state index in [1.54, 1.807) is 0 Å². The Kier molecular flexibility index (Phi) is 3.19. The molecule has 0 aromatic carbocycles. The van der Waals surface area contributed by atoms with Gasteiger partial charge in [0.1, 0.15) is 0 Å². The molecule has 2 rings (SSSR count). The summed E-state index contributed by atoms with van der Waals surface area (Å²) in [6.45, 7) is 5.64. The van der Waals surface area contributed by atoms with Crippen LogP contribution < -0.4 is 11.1 Å². The third kappa shape index (κ3) is 2.93. The standard InChI is InChI=1S/C10H21N3/c11-4-6-13-5-3-9(8-13)7-12-10-1-2-10/h9-10,12H,1-8,11H2. The zero-order valence-corrected chi connectivity index (χ0v) is 8.34. The molecular formula is C10H21N3. The van der Waals surface area contributed by atoms with Crippen LogP contribution in [0.1, 0.15) is 19.3 Å². The Morgan fingerprint density at radius 3 is 2.85 bits per heavy atom. The highest BCUT2D eigenvalue weighted by atomic mass is 15.2. The van der Waals surface area contributed by atoms with Crippen LogP contribution in [0.5, 0.6) is 0 Å². The molecule has 0 aromatic rings. The summed E-state index contributed by atoms with van der Waals surface area (Å²) in [6.07, 6.45) is 4.16. The predicted molar refractivity (Wildman–Crippen MR) is 54.6 cm³/mol. The highest BCUT2D eigenvalue weighted by Crippen LogP contribution is 2.21. The topological polar surface area (TPSA) is 41.3 Å². The minimum atomic E-state index is 0.808. The fourth-order valence-electron chi connectivity index (χ4n) is 2.09. The van der Waals surface area contributed by atoms with Crippen molar-refractivity contribution in [2.75, 3.05) is 32.7 Å². The first-order valence-electron chi connectivity index (χ1n) is 5.54. The quantitative estimate of drug-likeness (QED) is 0.631. The molecule has 0 bridgehead atoms. The van der Waals surface area contributed by atoms with E-state index in [1.807, 2.05) is 0 Å². The zero-order chi connectivity index (χ0) is 9.10. The van der Waals surface area contributed by atoms with Crippen molar-refractivity contribution in [1.29, 1.82) is 0 Å². The van der Waals surface area contributed by atoms with Gasteiger partial charge in [0.2, 0.25) is 0 Å². The highest BCUT2D eigenvalue weighted by Gasteiger charge is 2.25. The second kappa shape index (κ2) is 4.40. The molecule has 0 spiro atoms. The van der Waals surface area contributed by atoms with Crippen LogP contribution in [-0.2, 0) is 0 Å². The Bertz CT molecular complexity index is 156. The molecule has 3 heteroatoms. The third-order valence-electron chi connectivity index (χ3n) is 3.09. The molecule has 1 atom stereocenters. The molecule has 0 aromatic heterocycles. The molecule has 1 aliphatic heterocycles. The largest absolute Gasteiger partial charge is 0.329 e. The first-order valence-corrected chi connectivity index (χ1v) is 5.54. The van der Waals surface area contributed by atoms with E-state index < -0.39 is 0 Å². The average molecular weight is 183 g/mol. The molecule has 1 heterocycles. The van der Waals surface area contributed by atoms with Crippen LogP contribution >= 0.6 is 0 Å². The lowest BCUT2D eigenvalue weighted by Crippen LogP contribution is -2.30. The lowest BCUT2D eigenvalue weighted by Gasteiger charge is -2.14. The molecule has 0 radical (unpaired) electrons. The summed E-state index contributed by atoms with van der Waals surface area (Å²) in [6, 6.07) is 0.864. The maximum atomic E-state index is 5.53. The van der Waals surface area contributed by atoms with Gasteiger partial charge in [0.15, 0.2) is 0 Å². The van der Waals surface area contributed by atoms with Crippen molar-refractivity contribution in [1.82, 2.24) is 10.2 Å². The molecule has 1 saturated carbocycles. The molecular weight excluding hydrogens is 162 g/mol. The summed E-state index contributed by atoms with van der Waals surface area (Å²) < 4.78 is 0. The number of nitrogens with two attached hydrogens (primary N) is 1. The summed E-state index contributed by atoms with van der Waals surface area (Å²) in [5.41, 5.74) is 5.53. The van der Waals surface area contributed by atoms with Gasteiger partial charge >= 0.3 is 0 Å². The fourth-order valence-corrected chi connectivity index (χ4v) is 2.09. The predicted octanol–water partition coefficient (Wildman–Crippen LogP) is 0.0190. The molecule has 1 saturated heterocycles. The van der Waals surface area contributed by atoms with Gasteiger partial charge in [0.05, 0.1) is 0 Å². The van der Waals surface area contributed by atoms with Crippen LogP contribution in [0, 0.1) is 5.92 Å². The minimum Gasteiger partial charge on any atom is -0.329 e. The van der Waals surface area contributed by atoms with E-state index in [0.717, 1.165) is 25.0 Å². The smallest absolute Gasteiger partial charge is 0.0105 e. The van der Waals surface area contributed by atoms with Gasteiger partial charge in [0, 0.05) is 25.7 Å². The van der Waals surface area contributed by atoms with Crippen LogP contribution in [-0.4, -0.2) is 43.7 Å². The van der Waals surface area contributed by atoms with Crippen molar-refractivity contribution in [3.05, 3.63) is 0 Å². The second-order valence-corrected chi connectivity index (χ2v) is 4.43. The summed E-state index contributed by atoms with van der Waals surface area (Å²) in [5.74, 6) is 0.882. The summed E-state index contributed by atoms with van der Waals surface area (Å²) in [5, 5.41) is 3.60. The Morgan fingerprint density at radius 2 is 2.15 bits per heavy atom. The SMILES string of the molecule is NCCN1CCC(CNC2CC2)C1. The van der Waals surface area contributed by atoms with E-state index in [9.17, 15) is 0 Å². The van der Waals surface area contributed by atoms with E-state index in [4.69, 9.17) is 5.73 Å². The number of hydrogen-bond acceptors (Lipinski definition) is 3. The Labute approximate surface area is 80.7 Å². The van der Waals surface area contributed by atoms with Crippen molar-refractivity contribution in [2.45, 2.75) is 25.3 Å². The van der Waals surface area contributed by atoms with E-state index in [-0.39, 0.29) is 0 Å². The first-order chi connectivity index (χ1) is 6.38. The number of nitrogens with one attached hydrogen (secondary N) is 1. The Morgan fingerprint density at radius 1 is 1.31 bits per heavy atom. The minimum absolute atomic E-state index is 0.808. The van der Waals surface area contributed by atoms with Gasteiger partial charge in [-0.25, -0.2) is 0 Å². The molecule has 1 unspecified atom stereocenters. The van der Waals surface area contributed by atoms with Crippen LogP contribution in [0.3, 0.4) is 0 Å². The molecule has 2 fully saturated rings. The monoisotopic (exact) mass is 183 g/mol. The highest BCUT2D eigenvalue weighted by molar-refractivity contribution is 4.84. The Balaban J connectivity index is 1.59. The molecule has 3 nitrogen and oxygen atoms in total. The van der Waals surface area contributed by atoms with Crippen LogP contribution in [0.15, 0.2) is 0 Å². The normalized spacial score (nSPS) is 29.8. The Hall–Kier alpha value is -0.120. The van der Waals surface area contributed by atoms with Crippen LogP contribution in [0.2, 0.25) is 0 Å². The molecule has 1 aliphatic carbocycles. The van der Waals surface area contributed by atoms with E-state index >= 15 is 0 Å². The van der Waals surface area contributed by atoms with Crippen molar-refractivity contribution in [3.63, 3.8) is 0 Å². The van der Waals surface area contributed by atoms with Crippen LogP contribution in [0.4, 0.5) is 0 Å². The zero-order valence-electron chi connectivity index (χ0n) is 8.34. The lowest BCUT2D eigenvalue weighted by atomic mass is 10.1. The number of hydrogen-bond donors (Lipinski definition) is 2. The van der Waals surface area contributed by atoms with Gasteiger partial charge < -0.3 is 16.0 Å². The summed E-state index contributed by atoms with van der Waals surface area (Å²) in [7, 11) is 0. The molecule has 3 N–H and O–H groups in total. The maximum Gasteiger partial charge on any atom is 0.0105 e. The molecule has 76 valence electrons. The third-order valence-corrected chi connectivity index (χ3v) is 3.09.